The second-order valence-electron chi connectivity index (χ2n) is 7.68. The molecule has 1 aliphatic carbocycles. The van der Waals surface area contributed by atoms with Crippen molar-refractivity contribution in [3.8, 4) is 0 Å². The number of carbonyl (C=O) groups excluding carboxylic acids is 1. The van der Waals surface area contributed by atoms with Gasteiger partial charge in [-0.3, -0.25) is 15.0 Å². The molecule has 2 aliphatic rings. The van der Waals surface area contributed by atoms with Gasteiger partial charge in [0.25, 0.3) is 0 Å². The van der Waals surface area contributed by atoms with E-state index in [9.17, 15) is 4.79 Å². The highest BCUT2D eigenvalue weighted by Gasteiger charge is 2.29. The van der Waals surface area contributed by atoms with Crippen molar-refractivity contribution in [2.45, 2.75) is 63.3 Å². The fraction of sp³-hybridized carbons (Fsp3) is 0.571. The second-order valence-corrected chi connectivity index (χ2v) is 8.69. The van der Waals surface area contributed by atoms with E-state index in [1.54, 1.807) is 11.3 Å². The molecule has 5 nitrogen and oxygen atoms in total. The minimum atomic E-state index is -0.256. The number of rotatable bonds is 5. The summed E-state index contributed by atoms with van der Waals surface area (Å²) in [6.07, 6.45) is 9.83. The van der Waals surface area contributed by atoms with E-state index in [1.165, 1.54) is 38.5 Å². The zero-order chi connectivity index (χ0) is 18.5. The van der Waals surface area contributed by atoms with Crippen LogP contribution in [0.1, 0.15) is 73.9 Å². The number of aromatic nitrogens is 2. The highest BCUT2D eigenvalue weighted by atomic mass is 32.1. The first-order chi connectivity index (χ1) is 13.3. The molecular formula is C21H28N4OS. The van der Waals surface area contributed by atoms with Gasteiger partial charge < -0.3 is 0 Å². The molecule has 27 heavy (non-hydrogen) atoms. The monoisotopic (exact) mass is 384 g/mol. The highest BCUT2D eigenvalue weighted by Crippen LogP contribution is 2.35. The Morgan fingerprint density at radius 2 is 1.70 bits per heavy atom. The molecule has 2 aromatic rings. The topological polar surface area (TPSA) is 58.1 Å². The molecule has 2 fully saturated rings. The summed E-state index contributed by atoms with van der Waals surface area (Å²) in [5.74, 6) is 0.531. The van der Waals surface area contributed by atoms with E-state index in [0.717, 1.165) is 36.5 Å². The lowest BCUT2D eigenvalue weighted by atomic mass is 9.90. The normalized spacial score (nSPS) is 20.3. The summed E-state index contributed by atoms with van der Waals surface area (Å²) >= 11 is 1.55. The fourth-order valence-electron chi connectivity index (χ4n) is 4.31. The minimum Gasteiger partial charge on any atom is -0.299 e. The molecule has 1 amide bonds. The van der Waals surface area contributed by atoms with Crippen LogP contribution in [0.5, 0.6) is 0 Å². The van der Waals surface area contributed by atoms with Gasteiger partial charge in [0, 0.05) is 5.92 Å². The molecule has 0 bridgehead atoms. The van der Waals surface area contributed by atoms with Gasteiger partial charge >= 0.3 is 0 Å². The Kier molecular flexibility index (Phi) is 6.14. The summed E-state index contributed by atoms with van der Waals surface area (Å²) in [7, 11) is 0. The zero-order valence-electron chi connectivity index (χ0n) is 15.8. The number of hydrogen-bond donors (Lipinski definition) is 1. The molecule has 1 N–H and O–H groups in total. The van der Waals surface area contributed by atoms with Crippen LogP contribution >= 0.6 is 11.3 Å². The smallest absolute Gasteiger partial charge is 0.248 e. The molecular weight excluding hydrogens is 356 g/mol. The van der Waals surface area contributed by atoms with E-state index in [4.69, 9.17) is 0 Å². The molecule has 4 rings (SSSR count). The van der Waals surface area contributed by atoms with Crippen molar-refractivity contribution in [2.24, 2.45) is 0 Å². The highest BCUT2D eigenvalue weighted by molar-refractivity contribution is 7.15. The maximum Gasteiger partial charge on any atom is 0.248 e. The molecule has 1 aliphatic heterocycles. The number of carbonyl (C=O) groups is 1. The van der Waals surface area contributed by atoms with Gasteiger partial charge in [0.1, 0.15) is 11.0 Å². The quantitative estimate of drug-likeness (QED) is 0.808. The van der Waals surface area contributed by atoms with Gasteiger partial charge in [0.15, 0.2) is 0 Å². The van der Waals surface area contributed by atoms with Crippen LogP contribution in [-0.2, 0) is 4.79 Å². The van der Waals surface area contributed by atoms with E-state index >= 15 is 0 Å². The van der Waals surface area contributed by atoms with E-state index < -0.39 is 0 Å². The van der Waals surface area contributed by atoms with Crippen LogP contribution in [0.3, 0.4) is 0 Å². The number of anilines is 1. The van der Waals surface area contributed by atoms with Gasteiger partial charge in [-0.25, -0.2) is 0 Å². The largest absolute Gasteiger partial charge is 0.299 e. The first kappa shape index (κ1) is 18.6. The molecule has 144 valence electrons. The number of benzene rings is 1. The van der Waals surface area contributed by atoms with Gasteiger partial charge in [0.05, 0.1) is 0 Å². The molecule has 1 aromatic heterocycles. The number of hydrogen-bond acceptors (Lipinski definition) is 5. The average Bonchev–Trinajstić information content (AvgIpc) is 3.19. The second kappa shape index (κ2) is 8.93. The predicted molar refractivity (Wildman–Crippen MR) is 109 cm³/mol. The molecule has 6 heteroatoms. The van der Waals surface area contributed by atoms with Crippen molar-refractivity contribution in [1.82, 2.24) is 15.1 Å². The molecule has 1 aromatic carbocycles. The zero-order valence-corrected chi connectivity index (χ0v) is 16.6. The Labute approximate surface area is 165 Å². The Bertz CT molecular complexity index is 736. The van der Waals surface area contributed by atoms with E-state index in [1.807, 2.05) is 30.3 Å². The predicted octanol–water partition coefficient (Wildman–Crippen LogP) is 4.75. The molecule has 1 saturated carbocycles. The molecule has 0 radical (unpaired) electrons. The van der Waals surface area contributed by atoms with Gasteiger partial charge in [-0.2, -0.15) is 0 Å². The first-order valence-corrected chi connectivity index (χ1v) is 11.1. The van der Waals surface area contributed by atoms with Gasteiger partial charge in [-0.1, -0.05) is 67.4 Å². The summed E-state index contributed by atoms with van der Waals surface area (Å²) in [6, 6.07) is 9.85. The summed E-state index contributed by atoms with van der Waals surface area (Å²) < 4.78 is 0. The average molecular weight is 385 g/mol. The number of likely N-dealkylation sites (tertiary alicyclic amines) is 1. The summed E-state index contributed by atoms with van der Waals surface area (Å²) in [5.41, 5.74) is 1.05. The lowest BCUT2D eigenvalue weighted by molar-refractivity contribution is -0.122. The maximum atomic E-state index is 13.2. The lowest BCUT2D eigenvalue weighted by Gasteiger charge is -2.33. The standard InChI is InChI=1S/C21H28N4OS/c26-19(22-21-24-23-20(27-21)17-12-6-2-7-13-17)18(16-10-4-1-5-11-16)25-14-8-3-9-15-25/h1,4-5,10-11,17-18H,2-3,6-9,12-15H2,(H,22,24,26). The van der Waals surface area contributed by atoms with Gasteiger partial charge in [0.2, 0.25) is 11.0 Å². The van der Waals surface area contributed by atoms with Crippen LogP contribution in [0.2, 0.25) is 0 Å². The van der Waals surface area contributed by atoms with Crippen LogP contribution in [-0.4, -0.2) is 34.1 Å². The Morgan fingerprint density at radius 1 is 1.00 bits per heavy atom. The summed E-state index contributed by atoms with van der Waals surface area (Å²) in [4.78, 5) is 15.5. The summed E-state index contributed by atoms with van der Waals surface area (Å²) in [5, 5.41) is 13.4. The number of nitrogens with zero attached hydrogens (tertiary/aromatic N) is 3. The van der Waals surface area contributed by atoms with Crippen molar-refractivity contribution < 1.29 is 4.79 Å². The van der Waals surface area contributed by atoms with Gasteiger partial charge in [-0.05, 0) is 44.3 Å². The number of amides is 1. The molecule has 0 spiro atoms. The summed E-state index contributed by atoms with van der Waals surface area (Å²) in [6.45, 7) is 1.94. The number of nitrogens with one attached hydrogen (secondary N) is 1. The van der Waals surface area contributed by atoms with Crippen molar-refractivity contribution >= 4 is 22.4 Å². The van der Waals surface area contributed by atoms with Crippen molar-refractivity contribution in [3.63, 3.8) is 0 Å². The minimum absolute atomic E-state index is 0.00874. The van der Waals surface area contributed by atoms with E-state index in [0.29, 0.717) is 11.0 Å². The molecule has 2 heterocycles. The Hall–Kier alpha value is -1.79. The molecule has 1 unspecified atom stereocenters. The van der Waals surface area contributed by atoms with E-state index in [2.05, 4.69) is 20.4 Å². The lowest BCUT2D eigenvalue weighted by Crippen LogP contribution is -2.40. The molecule has 1 atom stereocenters. The third-order valence-electron chi connectivity index (χ3n) is 5.74. The molecule has 1 saturated heterocycles. The van der Waals surface area contributed by atoms with Crippen LogP contribution in [0.4, 0.5) is 5.13 Å². The third-order valence-corrected chi connectivity index (χ3v) is 6.75. The van der Waals surface area contributed by atoms with Crippen LogP contribution in [0, 0.1) is 0 Å². The number of piperidine rings is 1. The van der Waals surface area contributed by atoms with Crippen LogP contribution < -0.4 is 5.32 Å². The first-order valence-electron chi connectivity index (χ1n) is 10.2. The Balaban J connectivity index is 1.49. The Morgan fingerprint density at radius 3 is 2.44 bits per heavy atom. The van der Waals surface area contributed by atoms with Crippen LogP contribution in [0.25, 0.3) is 0 Å². The van der Waals surface area contributed by atoms with Crippen molar-refractivity contribution in [3.05, 3.63) is 40.9 Å². The van der Waals surface area contributed by atoms with Gasteiger partial charge in [-0.15, -0.1) is 10.2 Å². The van der Waals surface area contributed by atoms with E-state index in [-0.39, 0.29) is 11.9 Å². The maximum absolute atomic E-state index is 13.2. The van der Waals surface area contributed by atoms with Crippen molar-refractivity contribution in [2.75, 3.05) is 18.4 Å². The SMILES string of the molecule is O=C(Nc1nnc(C2CCCCC2)s1)C(c1ccccc1)N1CCCCC1. The fourth-order valence-corrected chi connectivity index (χ4v) is 5.23. The van der Waals surface area contributed by atoms with Crippen LogP contribution in [0.15, 0.2) is 30.3 Å². The third kappa shape index (κ3) is 4.55. The van der Waals surface area contributed by atoms with Crippen molar-refractivity contribution in [1.29, 1.82) is 0 Å².